The minimum atomic E-state index is -0.138. The number of benzene rings is 3. The van der Waals surface area contributed by atoms with Gasteiger partial charge in [0.05, 0.1) is 10.8 Å². The van der Waals surface area contributed by atoms with Crippen LogP contribution < -0.4 is 16.0 Å². The highest BCUT2D eigenvalue weighted by atomic mass is 31.1. The van der Waals surface area contributed by atoms with Gasteiger partial charge in [0, 0.05) is 28.4 Å². The van der Waals surface area contributed by atoms with Crippen molar-refractivity contribution in [2.24, 2.45) is 0 Å². The topological polar surface area (TPSA) is 55.9 Å². The molecule has 0 aliphatic carbocycles. The summed E-state index contributed by atoms with van der Waals surface area (Å²) < 4.78 is 2.43. The average Bonchev–Trinajstić information content (AvgIpc) is 2.62. The summed E-state index contributed by atoms with van der Waals surface area (Å²) in [6, 6.07) is 23.0. The van der Waals surface area contributed by atoms with E-state index in [1.165, 1.54) is 32.9 Å². The Morgan fingerprint density at radius 3 is 2.12 bits per heavy atom. The predicted octanol–water partition coefficient (Wildman–Crippen LogP) is 4.81. The molecule has 0 aliphatic heterocycles. The van der Waals surface area contributed by atoms with E-state index in [0.717, 1.165) is 17.7 Å². The van der Waals surface area contributed by atoms with Gasteiger partial charge in [0.1, 0.15) is 0 Å². The zero-order chi connectivity index (χ0) is 18.3. The Balaban J connectivity index is 2.24. The van der Waals surface area contributed by atoms with Crippen molar-refractivity contribution in [2.75, 3.05) is 24.8 Å². The van der Waals surface area contributed by atoms with E-state index < -0.39 is 0 Å². The molecule has 0 atom stereocenters. The van der Waals surface area contributed by atoms with Gasteiger partial charge in [-0.1, -0.05) is 24.3 Å². The number of aromatic nitrogens is 1. The van der Waals surface area contributed by atoms with Crippen molar-refractivity contribution in [3.05, 3.63) is 66.7 Å². The predicted molar refractivity (Wildman–Crippen MR) is 115 cm³/mol. The normalized spacial score (nSPS) is 11.5. The van der Waals surface area contributed by atoms with Gasteiger partial charge in [0.2, 0.25) is 11.2 Å². The van der Waals surface area contributed by atoms with Crippen molar-refractivity contribution in [1.82, 2.24) is 0 Å². The molecule has 0 saturated carbocycles. The summed E-state index contributed by atoms with van der Waals surface area (Å²) in [5.41, 5.74) is 17.5. The summed E-state index contributed by atoms with van der Waals surface area (Å²) >= 11 is 0. The van der Waals surface area contributed by atoms with E-state index >= 15 is 0 Å². The number of hydrogen-bond donors (Lipinski definition) is 2. The quantitative estimate of drug-likeness (QED) is 0.238. The first-order chi connectivity index (χ1) is 12.5. The first-order valence-electron chi connectivity index (χ1n) is 8.69. The third kappa shape index (κ3) is 2.89. The summed E-state index contributed by atoms with van der Waals surface area (Å²) in [5, 5.41) is 3.61. The minimum Gasteiger partial charge on any atom is -0.399 e. The lowest BCUT2D eigenvalue weighted by Gasteiger charge is -2.14. The van der Waals surface area contributed by atoms with Gasteiger partial charge in [-0.25, -0.2) is 0 Å². The molecule has 4 N–H and O–H groups in total. The maximum absolute atomic E-state index is 6.17. The van der Waals surface area contributed by atoms with Crippen molar-refractivity contribution >= 4 is 41.0 Å². The molecule has 0 spiro atoms. The molecular weight excluding hydrogens is 337 g/mol. The monoisotopic (exact) mass is 360 g/mol. The van der Waals surface area contributed by atoms with Crippen LogP contribution in [-0.2, 0) is 6.29 Å². The molecule has 1 aromatic heterocycles. The van der Waals surface area contributed by atoms with Crippen molar-refractivity contribution in [2.45, 2.75) is 6.29 Å². The van der Waals surface area contributed by atoms with Crippen LogP contribution in [0.5, 0.6) is 0 Å². The summed E-state index contributed by atoms with van der Waals surface area (Å²) in [6.45, 7) is 4.61. The van der Waals surface area contributed by atoms with E-state index in [2.05, 4.69) is 72.5 Å². The van der Waals surface area contributed by atoms with Crippen molar-refractivity contribution < 1.29 is 4.57 Å². The molecule has 0 amide bonds. The number of nitrogen functional groups attached to an aromatic ring is 2. The van der Waals surface area contributed by atoms with Crippen LogP contribution in [0.3, 0.4) is 0 Å². The zero-order valence-electron chi connectivity index (χ0n) is 15.1. The van der Waals surface area contributed by atoms with Gasteiger partial charge in [0.15, 0.2) is 6.29 Å². The molecular formula is C22H23N3P+. The third-order valence-electron chi connectivity index (χ3n) is 4.64. The number of fused-ring (bicyclic) bond motifs is 3. The smallest absolute Gasteiger partial charge is 0.221 e. The van der Waals surface area contributed by atoms with Gasteiger partial charge in [-0.15, -0.1) is 0 Å². The second kappa shape index (κ2) is 6.59. The Bertz CT molecular complexity index is 1100. The summed E-state index contributed by atoms with van der Waals surface area (Å²) in [6.07, 6.45) is 0.976. The van der Waals surface area contributed by atoms with Crippen LogP contribution in [0.4, 0.5) is 11.4 Å². The SMILES string of the molecule is CP(C)C[n+]1c(-c2ccccc2)c2cc(N)ccc2c2ccc(N)cc21. The van der Waals surface area contributed by atoms with E-state index in [9.17, 15) is 0 Å². The average molecular weight is 360 g/mol. The molecule has 0 unspecified atom stereocenters. The lowest BCUT2D eigenvalue weighted by Crippen LogP contribution is -2.37. The summed E-state index contributed by atoms with van der Waals surface area (Å²) in [4.78, 5) is 0. The molecule has 130 valence electrons. The zero-order valence-corrected chi connectivity index (χ0v) is 16.0. The lowest BCUT2D eigenvalue weighted by molar-refractivity contribution is -0.638. The number of hydrogen-bond acceptors (Lipinski definition) is 2. The number of pyridine rings is 1. The van der Waals surface area contributed by atoms with Crippen molar-refractivity contribution in [3.63, 3.8) is 0 Å². The Morgan fingerprint density at radius 1 is 0.769 bits per heavy atom. The molecule has 1 heterocycles. The lowest BCUT2D eigenvalue weighted by atomic mass is 9.98. The van der Waals surface area contributed by atoms with Gasteiger partial charge < -0.3 is 11.5 Å². The van der Waals surface area contributed by atoms with Gasteiger partial charge in [-0.05, 0) is 57.6 Å². The highest BCUT2D eigenvalue weighted by Crippen LogP contribution is 2.35. The molecule has 0 aliphatic rings. The van der Waals surface area contributed by atoms with E-state index in [4.69, 9.17) is 11.5 Å². The first kappa shape index (κ1) is 16.8. The van der Waals surface area contributed by atoms with Crippen LogP contribution in [-0.4, -0.2) is 13.3 Å². The number of nitrogens with two attached hydrogens (primary N) is 2. The van der Waals surface area contributed by atoms with E-state index in [1.54, 1.807) is 0 Å². The van der Waals surface area contributed by atoms with Crippen LogP contribution in [0.15, 0.2) is 66.7 Å². The fourth-order valence-corrected chi connectivity index (χ4v) is 4.45. The van der Waals surface area contributed by atoms with Crippen molar-refractivity contribution in [1.29, 1.82) is 0 Å². The Labute approximate surface area is 155 Å². The van der Waals surface area contributed by atoms with Crippen LogP contribution in [0.25, 0.3) is 32.9 Å². The van der Waals surface area contributed by atoms with Crippen LogP contribution in [0, 0.1) is 0 Å². The molecule has 4 rings (SSSR count). The summed E-state index contributed by atoms with van der Waals surface area (Å²) in [5.74, 6) is 0. The molecule has 3 nitrogen and oxygen atoms in total. The van der Waals surface area contributed by atoms with Crippen LogP contribution in [0.1, 0.15) is 0 Å². The highest BCUT2D eigenvalue weighted by Gasteiger charge is 2.24. The Hall–Kier alpha value is -2.64. The highest BCUT2D eigenvalue weighted by molar-refractivity contribution is 7.54. The number of anilines is 2. The molecule has 26 heavy (non-hydrogen) atoms. The third-order valence-corrected chi connectivity index (χ3v) is 5.49. The maximum atomic E-state index is 6.17. The maximum Gasteiger partial charge on any atom is 0.221 e. The second-order valence-electron chi connectivity index (χ2n) is 6.95. The summed E-state index contributed by atoms with van der Waals surface area (Å²) in [7, 11) is -0.138. The minimum absolute atomic E-state index is 0.138. The van der Waals surface area contributed by atoms with Crippen molar-refractivity contribution in [3.8, 4) is 11.3 Å². The van der Waals surface area contributed by atoms with Crippen LogP contribution in [0.2, 0.25) is 0 Å². The van der Waals surface area contributed by atoms with E-state index in [0.29, 0.717) is 0 Å². The second-order valence-corrected chi connectivity index (χ2v) is 9.39. The Morgan fingerprint density at radius 2 is 1.42 bits per heavy atom. The Kier molecular flexibility index (Phi) is 4.26. The molecule has 4 aromatic rings. The number of rotatable bonds is 3. The fourth-order valence-electron chi connectivity index (χ4n) is 3.60. The number of nitrogens with zero attached hydrogens (tertiary/aromatic N) is 1. The standard InChI is InChI=1S/C22H22N3P/c1-26(2)14-25-21-13-17(24)9-11-19(21)18-10-8-16(23)12-20(18)22(25)15-6-4-3-5-7-15/h3-13,24H,14,23H2,1-2H3/p+1. The van der Waals surface area contributed by atoms with Gasteiger partial charge in [-0.2, -0.15) is 4.57 Å². The molecule has 0 saturated heterocycles. The molecule has 0 bridgehead atoms. The molecule has 3 aromatic carbocycles. The first-order valence-corrected chi connectivity index (χ1v) is 11.1. The fraction of sp³-hybridized carbons (Fsp3) is 0.136. The van der Waals surface area contributed by atoms with Gasteiger partial charge in [0.25, 0.3) is 0 Å². The van der Waals surface area contributed by atoms with E-state index in [1.807, 2.05) is 12.1 Å². The van der Waals surface area contributed by atoms with E-state index in [-0.39, 0.29) is 7.92 Å². The largest absolute Gasteiger partial charge is 0.399 e. The molecule has 0 fully saturated rings. The van der Waals surface area contributed by atoms with Gasteiger partial charge in [-0.3, -0.25) is 0 Å². The molecule has 0 radical (unpaired) electrons. The van der Waals surface area contributed by atoms with Gasteiger partial charge >= 0.3 is 0 Å². The van der Waals surface area contributed by atoms with Crippen LogP contribution >= 0.6 is 7.92 Å². The molecule has 4 heteroatoms.